The van der Waals surface area contributed by atoms with E-state index in [1.54, 1.807) is 23.1 Å². The average molecular weight is 293 g/mol. The van der Waals surface area contributed by atoms with Crippen molar-refractivity contribution in [2.24, 2.45) is 0 Å². The maximum absolute atomic E-state index is 4.14. The van der Waals surface area contributed by atoms with E-state index in [0.29, 0.717) is 6.04 Å². The van der Waals surface area contributed by atoms with Crippen LogP contribution in [0.5, 0.6) is 0 Å². The molecule has 0 aliphatic heterocycles. The molecule has 3 nitrogen and oxygen atoms in total. The Kier molecular flexibility index (Phi) is 4.96. The lowest BCUT2D eigenvalue weighted by Gasteiger charge is -2.11. The Balaban J connectivity index is 2.06. The Morgan fingerprint density at radius 2 is 2.05 bits per heavy atom. The van der Waals surface area contributed by atoms with Gasteiger partial charge in [0.05, 0.1) is 0 Å². The molecule has 1 heterocycles. The summed E-state index contributed by atoms with van der Waals surface area (Å²) >= 11 is 3.32. The lowest BCUT2D eigenvalue weighted by atomic mass is 10.1. The minimum absolute atomic E-state index is 0.512. The summed E-state index contributed by atoms with van der Waals surface area (Å²) < 4.78 is 1.00. The van der Waals surface area contributed by atoms with E-state index in [1.165, 1.54) is 16.0 Å². The van der Waals surface area contributed by atoms with E-state index in [4.69, 9.17) is 0 Å². The van der Waals surface area contributed by atoms with Crippen molar-refractivity contribution in [3.63, 3.8) is 0 Å². The van der Waals surface area contributed by atoms with E-state index in [2.05, 4.69) is 54.5 Å². The smallest absolute Gasteiger partial charge is 0.179 e. The molecule has 0 spiro atoms. The SMILES string of the molecule is Cc1nnc(Sc2ccc(CNC(C)C)c(C)c2)s1. The number of hydrogen-bond donors (Lipinski definition) is 1. The van der Waals surface area contributed by atoms with E-state index in [0.717, 1.165) is 15.9 Å². The van der Waals surface area contributed by atoms with Crippen molar-refractivity contribution in [2.75, 3.05) is 0 Å². The zero-order chi connectivity index (χ0) is 13.8. The first kappa shape index (κ1) is 14.5. The molecule has 0 bridgehead atoms. The molecular weight excluding hydrogens is 274 g/mol. The van der Waals surface area contributed by atoms with E-state index in [-0.39, 0.29) is 0 Å². The first-order valence-electron chi connectivity index (χ1n) is 6.35. The molecule has 0 unspecified atom stereocenters. The summed E-state index contributed by atoms with van der Waals surface area (Å²) in [6, 6.07) is 7.09. The van der Waals surface area contributed by atoms with Gasteiger partial charge in [0, 0.05) is 17.5 Å². The van der Waals surface area contributed by atoms with Crippen molar-refractivity contribution in [3.05, 3.63) is 34.3 Å². The van der Waals surface area contributed by atoms with Gasteiger partial charge in [-0.1, -0.05) is 43.0 Å². The van der Waals surface area contributed by atoms with Gasteiger partial charge in [-0.05, 0) is 37.1 Å². The van der Waals surface area contributed by atoms with Crippen LogP contribution in [0.15, 0.2) is 27.4 Å². The van der Waals surface area contributed by atoms with Gasteiger partial charge in [0.15, 0.2) is 4.34 Å². The third-order valence-corrected chi connectivity index (χ3v) is 4.61. The third-order valence-electron chi connectivity index (χ3n) is 2.73. The summed E-state index contributed by atoms with van der Waals surface area (Å²) in [5, 5.41) is 12.6. The van der Waals surface area contributed by atoms with Crippen LogP contribution in [0.25, 0.3) is 0 Å². The highest BCUT2D eigenvalue weighted by molar-refractivity contribution is 8.01. The Morgan fingerprint density at radius 3 is 2.63 bits per heavy atom. The van der Waals surface area contributed by atoms with Gasteiger partial charge in [-0.2, -0.15) is 0 Å². The number of nitrogens with zero attached hydrogens (tertiary/aromatic N) is 2. The van der Waals surface area contributed by atoms with Gasteiger partial charge in [0.25, 0.3) is 0 Å². The average Bonchev–Trinajstić information content (AvgIpc) is 2.73. The monoisotopic (exact) mass is 293 g/mol. The summed E-state index contributed by atoms with van der Waals surface area (Å²) in [6.07, 6.45) is 0. The molecule has 0 aliphatic carbocycles. The fourth-order valence-corrected chi connectivity index (χ4v) is 3.55. The minimum Gasteiger partial charge on any atom is -0.310 e. The molecule has 5 heteroatoms. The number of hydrogen-bond acceptors (Lipinski definition) is 5. The molecule has 1 N–H and O–H groups in total. The lowest BCUT2D eigenvalue weighted by molar-refractivity contribution is 0.587. The normalized spacial score (nSPS) is 11.2. The molecular formula is C14H19N3S2. The van der Waals surface area contributed by atoms with Gasteiger partial charge in [0.1, 0.15) is 5.01 Å². The summed E-state index contributed by atoms with van der Waals surface area (Å²) in [4.78, 5) is 1.22. The molecule has 0 saturated heterocycles. The fourth-order valence-electron chi connectivity index (χ4n) is 1.66. The molecule has 0 aliphatic rings. The summed E-state index contributed by atoms with van der Waals surface area (Å²) in [6.45, 7) is 9.39. The van der Waals surface area contributed by atoms with Crippen LogP contribution in [-0.2, 0) is 6.54 Å². The zero-order valence-electron chi connectivity index (χ0n) is 11.7. The Bertz CT molecular complexity index is 549. The van der Waals surface area contributed by atoms with Crippen LogP contribution in [0.3, 0.4) is 0 Å². The van der Waals surface area contributed by atoms with Gasteiger partial charge in [0.2, 0.25) is 0 Å². The molecule has 2 aromatic rings. The molecule has 2 rings (SSSR count). The molecule has 19 heavy (non-hydrogen) atoms. The molecule has 1 aromatic carbocycles. The van der Waals surface area contributed by atoms with Crippen LogP contribution < -0.4 is 5.32 Å². The van der Waals surface area contributed by atoms with Crippen LogP contribution >= 0.6 is 23.1 Å². The van der Waals surface area contributed by atoms with Crippen molar-refractivity contribution in [1.29, 1.82) is 0 Å². The molecule has 0 amide bonds. The topological polar surface area (TPSA) is 37.8 Å². The second-order valence-electron chi connectivity index (χ2n) is 4.81. The molecule has 1 aromatic heterocycles. The largest absolute Gasteiger partial charge is 0.310 e. The summed E-state index contributed by atoms with van der Waals surface area (Å²) in [5.41, 5.74) is 2.67. The van der Waals surface area contributed by atoms with Gasteiger partial charge in [-0.3, -0.25) is 0 Å². The quantitative estimate of drug-likeness (QED) is 0.910. The highest BCUT2D eigenvalue weighted by Crippen LogP contribution is 2.31. The van der Waals surface area contributed by atoms with Crippen molar-refractivity contribution in [3.8, 4) is 0 Å². The van der Waals surface area contributed by atoms with Crippen LogP contribution in [0.2, 0.25) is 0 Å². The standard InChI is InChI=1S/C14H19N3S2/c1-9(2)15-8-12-5-6-13(7-10(12)3)19-14-17-16-11(4)18-14/h5-7,9,15H,8H2,1-4H3. The van der Waals surface area contributed by atoms with Gasteiger partial charge in [-0.25, -0.2) is 0 Å². The van der Waals surface area contributed by atoms with E-state index < -0.39 is 0 Å². The summed E-state index contributed by atoms with van der Waals surface area (Å²) in [5.74, 6) is 0. The van der Waals surface area contributed by atoms with Gasteiger partial charge in [-0.15, -0.1) is 10.2 Å². The molecule has 102 valence electrons. The number of nitrogens with one attached hydrogen (secondary N) is 1. The first-order valence-corrected chi connectivity index (χ1v) is 7.99. The second-order valence-corrected chi connectivity index (χ2v) is 7.32. The predicted octanol–water partition coefficient (Wildman–Crippen LogP) is 3.80. The van der Waals surface area contributed by atoms with Crippen molar-refractivity contribution < 1.29 is 0 Å². The molecule has 0 radical (unpaired) electrons. The maximum atomic E-state index is 4.14. The van der Waals surface area contributed by atoms with Crippen molar-refractivity contribution >= 4 is 23.1 Å². The fraction of sp³-hybridized carbons (Fsp3) is 0.429. The molecule has 0 atom stereocenters. The molecule has 0 fully saturated rings. The Morgan fingerprint density at radius 1 is 1.26 bits per heavy atom. The predicted molar refractivity (Wildman–Crippen MR) is 81.9 cm³/mol. The zero-order valence-corrected chi connectivity index (χ0v) is 13.4. The number of aryl methyl sites for hydroxylation is 2. The van der Waals surface area contributed by atoms with E-state index >= 15 is 0 Å². The van der Waals surface area contributed by atoms with E-state index in [9.17, 15) is 0 Å². The Labute approximate surface area is 122 Å². The maximum Gasteiger partial charge on any atom is 0.179 e. The number of rotatable bonds is 5. The van der Waals surface area contributed by atoms with Crippen LogP contribution in [-0.4, -0.2) is 16.2 Å². The van der Waals surface area contributed by atoms with Gasteiger partial charge >= 0.3 is 0 Å². The first-order chi connectivity index (χ1) is 9.04. The van der Waals surface area contributed by atoms with Crippen molar-refractivity contribution in [1.82, 2.24) is 15.5 Å². The van der Waals surface area contributed by atoms with Crippen LogP contribution in [0.1, 0.15) is 30.0 Å². The third kappa shape index (κ3) is 4.30. The van der Waals surface area contributed by atoms with Gasteiger partial charge < -0.3 is 5.32 Å². The second kappa shape index (κ2) is 6.50. The van der Waals surface area contributed by atoms with Crippen LogP contribution in [0, 0.1) is 13.8 Å². The highest BCUT2D eigenvalue weighted by Gasteiger charge is 2.06. The molecule has 0 saturated carbocycles. The Hall–Kier alpha value is -0.910. The number of benzene rings is 1. The highest BCUT2D eigenvalue weighted by atomic mass is 32.2. The van der Waals surface area contributed by atoms with Crippen molar-refractivity contribution in [2.45, 2.75) is 49.5 Å². The van der Waals surface area contributed by atoms with Crippen LogP contribution in [0.4, 0.5) is 0 Å². The number of aromatic nitrogens is 2. The summed E-state index contributed by atoms with van der Waals surface area (Å²) in [7, 11) is 0. The van der Waals surface area contributed by atoms with E-state index in [1.807, 2.05) is 6.92 Å². The lowest BCUT2D eigenvalue weighted by Crippen LogP contribution is -2.22. The minimum atomic E-state index is 0.512.